The van der Waals surface area contributed by atoms with Gasteiger partial charge in [0.25, 0.3) is 5.91 Å². The van der Waals surface area contributed by atoms with Crippen molar-refractivity contribution in [2.45, 2.75) is 65.8 Å². The number of hydrogen-bond acceptors (Lipinski definition) is 2. The molecule has 4 nitrogen and oxygen atoms in total. The monoisotopic (exact) mass is 356 g/mol. The van der Waals surface area contributed by atoms with Gasteiger partial charge < -0.3 is 9.80 Å². The van der Waals surface area contributed by atoms with Crippen molar-refractivity contribution in [3.05, 3.63) is 28.8 Å². The van der Waals surface area contributed by atoms with Gasteiger partial charge in [0.1, 0.15) is 0 Å². The molecule has 1 saturated carbocycles. The molecule has 0 N–H and O–H groups in total. The summed E-state index contributed by atoms with van der Waals surface area (Å²) in [5.74, 6) is 0.959. The maximum absolute atomic E-state index is 13.2. The van der Waals surface area contributed by atoms with Gasteiger partial charge in [-0.15, -0.1) is 0 Å². The second kappa shape index (κ2) is 6.71. The SMILES string of the molecule is Cc1cc2c(cc1C(=O)N(C)C1CCC(C)CC1)N(C)C(=O)C(C)(C)C2. The van der Waals surface area contributed by atoms with Gasteiger partial charge >= 0.3 is 0 Å². The number of benzene rings is 1. The largest absolute Gasteiger partial charge is 0.339 e. The molecule has 0 aromatic heterocycles. The van der Waals surface area contributed by atoms with Crippen LogP contribution in [0.4, 0.5) is 5.69 Å². The number of amides is 2. The highest BCUT2D eigenvalue weighted by Crippen LogP contribution is 2.38. The van der Waals surface area contributed by atoms with E-state index < -0.39 is 5.41 Å². The van der Waals surface area contributed by atoms with Gasteiger partial charge in [-0.05, 0) is 62.1 Å². The lowest BCUT2D eigenvalue weighted by atomic mass is 9.79. The second-order valence-corrected chi connectivity index (χ2v) is 9.05. The third-order valence-corrected chi connectivity index (χ3v) is 6.39. The van der Waals surface area contributed by atoms with Crippen LogP contribution >= 0.6 is 0 Å². The van der Waals surface area contributed by atoms with E-state index in [1.54, 1.807) is 4.90 Å². The number of aryl methyl sites for hydroxylation is 1. The molecule has 0 saturated heterocycles. The lowest BCUT2D eigenvalue weighted by molar-refractivity contribution is -0.126. The van der Waals surface area contributed by atoms with Crippen LogP contribution in [0.25, 0.3) is 0 Å². The molecule has 0 radical (unpaired) electrons. The quantitative estimate of drug-likeness (QED) is 0.797. The second-order valence-electron chi connectivity index (χ2n) is 9.05. The van der Waals surface area contributed by atoms with Gasteiger partial charge in [0.05, 0.1) is 0 Å². The zero-order chi connectivity index (χ0) is 19.2. The third kappa shape index (κ3) is 3.26. The third-order valence-electron chi connectivity index (χ3n) is 6.39. The maximum Gasteiger partial charge on any atom is 0.254 e. The molecule has 0 atom stereocenters. The molecule has 0 unspecified atom stereocenters. The van der Waals surface area contributed by atoms with Crippen LogP contribution in [0.15, 0.2) is 12.1 Å². The normalized spacial score (nSPS) is 25.0. The van der Waals surface area contributed by atoms with Gasteiger partial charge in [-0.3, -0.25) is 9.59 Å². The van der Waals surface area contributed by atoms with Crippen molar-refractivity contribution in [2.24, 2.45) is 11.3 Å². The number of anilines is 1. The first-order valence-corrected chi connectivity index (χ1v) is 9.80. The number of carbonyl (C=O) groups excluding carboxylic acids is 2. The first kappa shape index (κ1) is 18.9. The van der Waals surface area contributed by atoms with E-state index in [2.05, 4.69) is 13.0 Å². The molecule has 4 heteroatoms. The molecule has 3 rings (SSSR count). The predicted octanol–water partition coefficient (Wildman–Crippen LogP) is 4.19. The minimum Gasteiger partial charge on any atom is -0.339 e. The lowest BCUT2D eigenvalue weighted by Crippen LogP contribution is -2.44. The highest BCUT2D eigenvalue weighted by molar-refractivity contribution is 6.03. The van der Waals surface area contributed by atoms with Crippen LogP contribution in [0.1, 0.15) is 67.9 Å². The fourth-order valence-corrected chi connectivity index (χ4v) is 4.54. The van der Waals surface area contributed by atoms with Gasteiger partial charge in [-0.1, -0.05) is 26.8 Å². The molecule has 1 aliphatic carbocycles. The van der Waals surface area contributed by atoms with E-state index >= 15 is 0 Å². The van der Waals surface area contributed by atoms with Crippen molar-refractivity contribution in [2.75, 3.05) is 19.0 Å². The Morgan fingerprint density at radius 2 is 1.81 bits per heavy atom. The van der Waals surface area contributed by atoms with E-state index in [4.69, 9.17) is 0 Å². The molecule has 1 aromatic rings. The van der Waals surface area contributed by atoms with Crippen LogP contribution in [-0.2, 0) is 11.2 Å². The van der Waals surface area contributed by atoms with E-state index in [0.29, 0.717) is 6.04 Å². The Balaban J connectivity index is 1.89. The summed E-state index contributed by atoms with van der Waals surface area (Å²) in [5.41, 5.74) is 3.37. The van der Waals surface area contributed by atoms with Crippen molar-refractivity contribution in [3.63, 3.8) is 0 Å². The summed E-state index contributed by atoms with van der Waals surface area (Å²) in [6.45, 7) is 8.27. The Hall–Kier alpha value is -1.84. The van der Waals surface area contributed by atoms with Gasteiger partial charge in [-0.2, -0.15) is 0 Å². The van der Waals surface area contributed by atoms with Gasteiger partial charge in [0, 0.05) is 36.8 Å². The van der Waals surface area contributed by atoms with E-state index in [9.17, 15) is 9.59 Å². The molecule has 1 aliphatic heterocycles. The molecular weight excluding hydrogens is 324 g/mol. The van der Waals surface area contributed by atoms with Crippen LogP contribution < -0.4 is 4.90 Å². The van der Waals surface area contributed by atoms with Crippen LogP contribution in [-0.4, -0.2) is 36.9 Å². The Kier molecular flexibility index (Phi) is 4.89. The molecule has 0 spiro atoms. The summed E-state index contributed by atoms with van der Waals surface area (Å²) in [6, 6.07) is 4.36. The Bertz CT molecular complexity index is 730. The van der Waals surface area contributed by atoms with E-state index in [-0.39, 0.29) is 11.8 Å². The van der Waals surface area contributed by atoms with Crippen molar-refractivity contribution < 1.29 is 9.59 Å². The number of nitrogens with zero attached hydrogens (tertiary/aromatic N) is 2. The highest BCUT2D eigenvalue weighted by Gasteiger charge is 2.38. The van der Waals surface area contributed by atoms with Crippen LogP contribution in [0.3, 0.4) is 0 Å². The Morgan fingerprint density at radius 1 is 1.19 bits per heavy atom. The van der Waals surface area contributed by atoms with Gasteiger partial charge in [0.2, 0.25) is 5.91 Å². The van der Waals surface area contributed by atoms with Crippen molar-refractivity contribution >= 4 is 17.5 Å². The lowest BCUT2D eigenvalue weighted by Gasteiger charge is -2.38. The molecule has 142 valence electrons. The summed E-state index contributed by atoms with van der Waals surface area (Å²) < 4.78 is 0. The van der Waals surface area contributed by atoms with E-state index in [0.717, 1.165) is 47.6 Å². The van der Waals surface area contributed by atoms with Crippen LogP contribution in [0.5, 0.6) is 0 Å². The highest BCUT2D eigenvalue weighted by atomic mass is 16.2. The molecule has 2 aliphatic rings. The van der Waals surface area contributed by atoms with Crippen LogP contribution in [0, 0.1) is 18.3 Å². The first-order valence-electron chi connectivity index (χ1n) is 9.80. The smallest absolute Gasteiger partial charge is 0.254 e. The molecule has 1 fully saturated rings. The van der Waals surface area contributed by atoms with E-state index in [1.807, 2.05) is 45.8 Å². The minimum atomic E-state index is -0.394. The number of fused-ring (bicyclic) bond motifs is 1. The van der Waals surface area contributed by atoms with Crippen molar-refractivity contribution in [3.8, 4) is 0 Å². The first-order chi connectivity index (χ1) is 12.1. The van der Waals surface area contributed by atoms with Crippen molar-refractivity contribution in [1.82, 2.24) is 4.90 Å². The molecule has 0 bridgehead atoms. The molecule has 2 amide bonds. The zero-order valence-corrected chi connectivity index (χ0v) is 17.1. The Labute approximate surface area is 157 Å². The average molecular weight is 357 g/mol. The van der Waals surface area contributed by atoms with Gasteiger partial charge in [-0.25, -0.2) is 0 Å². The summed E-state index contributed by atoms with van der Waals surface area (Å²) in [5, 5.41) is 0. The molecule has 1 aromatic carbocycles. The summed E-state index contributed by atoms with van der Waals surface area (Å²) in [7, 11) is 3.75. The standard InChI is InChI=1S/C22H32N2O2/c1-14-7-9-17(10-8-14)23(5)20(25)18-12-19-16(11-15(18)2)13-22(3,4)21(26)24(19)6/h11-12,14,17H,7-10,13H2,1-6H3. The minimum absolute atomic E-state index is 0.0792. The maximum atomic E-state index is 13.2. The zero-order valence-electron chi connectivity index (χ0n) is 17.1. The topological polar surface area (TPSA) is 40.6 Å². The average Bonchev–Trinajstić information content (AvgIpc) is 2.59. The number of hydrogen-bond donors (Lipinski definition) is 0. The molecule has 26 heavy (non-hydrogen) atoms. The van der Waals surface area contributed by atoms with Gasteiger partial charge in [0.15, 0.2) is 0 Å². The summed E-state index contributed by atoms with van der Waals surface area (Å²) >= 11 is 0. The number of carbonyl (C=O) groups is 2. The van der Waals surface area contributed by atoms with E-state index in [1.165, 1.54) is 12.8 Å². The fourth-order valence-electron chi connectivity index (χ4n) is 4.54. The molecule has 1 heterocycles. The number of rotatable bonds is 2. The van der Waals surface area contributed by atoms with Crippen molar-refractivity contribution in [1.29, 1.82) is 0 Å². The summed E-state index contributed by atoms with van der Waals surface area (Å²) in [6.07, 6.45) is 5.27. The molecular formula is C22H32N2O2. The predicted molar refractivity (Wildman–Crippen MR) is 106 cm³/mol. The fraction of sp³-hybridized carbons (Fsp3) is 0.636. The van der Waals surface area contributed by atoms with Crippen LogP contribution in [0.2, 0.25) is 0 Å². The summed E-state index contributed by atoms with van der Waals surface area (Å²) in [4.78, 5) is 29.4. The Morgan fingerprint density at radius 3 is 2.42 bits per heavy atom.